The Labute approximate surface area is 179 Å². The van der Waals surface area contributed by atoms with Gasteiger partial charge in [-0.3, -0.25) is 4.79 Å². The molecule has 29 heavy (non-hydrogen) atoms. The van der Waals surface area contributed by atoms with Gasteiger partial charge in [-0.05, 0) is 92.2 Å². The monoisotopic (exact) mass is 420 g/mol. The summed E-state index contributed by atoms with van der Waals surface area (Å²) in [5.41, 5.74) is 0.151. The van der Waals surface area contributed by atoms with Crippen molar-refractivity contribution >= 4 is 14.1 Å². The highest BCUT2D eigenvalue weighted by molar-refractivity contribution is 6.74. The largest absolute Gasteiger partial charge is 0.414 e. The molecule has 4 aliphatic carbocycles. The highest BCUT2D eigenvalue weighted by Gasteiger charge is 2.62. The summed E-state index contributed by atoms with van der Waals surface area (Å²) in [6.07, 6.45) is 8.45. The molecule has 0 bridgehead atoms. The third kappa shape index (κ3) is 3.31. The Balaban J connectivity index is 1.53. The summed E-state index contributed by atoms with van der Waals surface area (Å²) in [4.78, 5) is 12.6. The number of aliphatic hydroxyl groups excluding tert-OH is 1. The summed E-state index contributed by atoms with van der Waals surface area (Å²) < 4.78 is 6.82. The van der Waals surface area contributed by atoms with Crippen molar-refractivity contribution in [2.45, 2.75) is 116 Å². The molecule has 0 spiro atoms. The normalized spacial score (nSPS) is 48.1. The van der Waals surface area contributed by atoms with Crippen molar-refractivity contribution in [2.24, 2.45) is 34.5 Å². The number of fused-ring (bicyclic) bond motifs is 5. The molecule has 4 rings (SSSR count). The zero-order chi connectivity index (χ0) is 21.4. The lowest BCUT2D eigenvalue weighted by Crippen LogP contribution is -2.59. The minimum Gasteiger partial charge on any atom is -0.414 e. The van der Waals surface area contributed by atoms with Crippen LogP contribution in [0.4, 0.5) is 0 Å². The highest BCUT2D eigenvalue weighted by atomic mass is 28.4. The smallest absolute Gasteiger partial charge is 0.192 e. The minimum atomic E-state index is -1.76. The van der Waals surface area contributed by atoms with Crippen LogP contribution in [-0.2, 0) is 9.22 Å². The van der Waals surface area contributed by atoms with E-state index in [4.69, 9.17) is 4.43 Å². The van der Waals surface area contributed by atoms with Gasteiger partial charge in [0.05, 0.1) is 6.10 Å². The van der Waals surface area contributed by atoms with Gasteiger partial charge in [0.25, 0.3) is 0 Å². The van der Waals surface area contributed by atoms with Crippen molar-refractivity contribution in [1.29, 1.82) is 0 Å². The van der Waals surface area contributed by atoms with E-state index >= 15 is 0 Å². The van der Waals surface area contributed by atoms with Crippen LogP contribution in [0.25, 0.3) is 0 Å². The van der Waals surface area contributed by atoms with Crippen molar-refractivity contribution in [3.63, 3.8) is 0 Å². The molecule has 0 heterocycles. The molecular weight excluding hydrogens is 376 g/mol. The van der Waals surface area contributed by atoms with Gasteiger partial charge in [0, 0.05) is 17.9 Å². The summed E-state index contributed by atoms with van der Waals surface area (Å²) in [6, 6.07) is 0. The van der Waals surface area contributed by atoms with Crippen LogP contribution in [0, 0.1) is 34.5 Å². The third-order valence-electron chi connectivity index (χ3n) is 10.6. The molecule has 0 amide bonds. The molecule has 0 radical (unpaired) electrons. The maximum Gasteiger partial charge on any atom is 0.192 e. The van der Waals surface area contributed by atoms with Crippen molar-refractivity contribution < 1.29 is 14.3 Å². The minimum absolute atomic E-state index is 0.159. The third-order valence-corrected chi connectivity index (χ3v) is 15.1. The van der Waals surface area contributed by atoms with Crippen LogP contribution in [0.3, 0.4) is 0 Å². The summed E-state index contributed by atoms with van der Waals surface area (Å²) in [7, 11) is -1.76. The first-order valence-corrected chi connectivity index (χ1v) is 15.1. The molecule has 3 nitrogen and oxygen atoms in total. The number of ketones is 1. The number of carbonyl (C=O) groups excluding carboxylic acids is 1. The molecule has 8 atom stereocenters. The summed E-state index contributed by atoms with van der Waals surface area (Å²) in [5.74, 6) is 2.34. The maximum absolute atomic E-state index is 12.6. The van der Waals surface area contributed by atoms with Crippen LogP contribution >= 0.6 is 0 Å². The van der Waals surface area contributed by atoms with Gasteiger partial charge in [0.15, 0.2) is 8.32 Å². The quantitative estimate of drug-likeness (QED) is 0.561. The van der Waals surface area contributed by atoms with Crippen LogP contribution in [0.5, 0.6) is 0 Å². The van der Waals surface area contributed by atoms with E-state index in [2.05, 4.69) is 47.7 Å². The average Bonchev–Trinajstić information content (AvgIpc) is 2.90. The van der Waals surface area contributed by atoms with Crippen LogP contribution in [-0.4, -0.2) is 31.4 Å². The first kappa shape index (κ1) is 22.0. The van der Waals surface area contributed by atoms with Crippen molar-refractivity contribution in [1.82, 2.24) is 0 Å². The van der Waals surface area contributed by atoms with E-state index in [0.717, 1.165) is 38.5 Å². The van der Waals surface area contributed by atoms with E-state index in [1.807, 2.05) is 0 Å². The average molecular weight is 421 g/mol. The molecule has 166 valence electrons. The Morgan fingerprint density at radius 1 is 1.03 bits per heavy atom. The second kappa shape index (κ2) is 6.90. The lowest BCUT2D eigenvalue weighted by Gasteiger charge is -2.62. The molecular formula is C25H44O3Si. The second-order valence-electron chi connectivity index (χ2n) is 13.0. The predicted molar refractivity (Wildman–Crippen MR) is 120 cm³/mol. The van der Waals surface area contributed by atoms with Gasteiger partial charge < -0.3 is 9.53 Å². The van der Waals surface area contributed by atoms with E-state index in [0.29, 0.717) is 41.0 Å². The van der Waals surface area contributed by atoms with E-state index in [1.165, 1.54) is 12.8 Å². The van der Waals surface area contributed by atoms with E-state index < -0.39 is 8.32 Å². The number of hydrogen-bond acceptors (Lipinski definition) is 3. The van der Waals surface area contributed by atoms with Gasteiger partial charge in [0.1, 0.15) is 5.78 Å². The van der Waals surface area contributed by atoms with Gasteiger partial charge in [-0.1, -0.05) is 34.6 Å². The number of hydrogen-bond donors (Lipinski definition) is 1. The SMILES string of the molecule is CC(C)(C)[Si](C)(C)OC1CC[C@@]2(C)[C@H](C1)C[C@H](O)[C@@H]1[C@@H]2CC[C@]2(C)C(=O)CC[C@@H]12. The summed E-state index contributed by atoms with van der Waals surface area (Å²) in [5, 5.41) is 11.6. The van der Waals surface area contributed by atoms with Crippen LogP contribution in [0.15, 0.2) is 0 Å². The standard InChI is InChI=1S/C25H44O3Si/c1-23(2,3)29(6,7)28-17-10-12-24(4)16(14-17)15-20(26)22-18-8-9-21(27)25(18,5)13-11-19(22)24/h16-20,22,26H,8-15H2,1-7H3/t16-,17?,18+,19+,20+,22+,24+,25+/m1/s1. The maximum atomic E-state index is 12.6. The molecule has 4 fully saturated rings. The summed E-state index contributed by atoms with van der Waals surface area (Å²) in [6.45, 7) is 16.4. The molecule has 1 N–H and O–H groups in total. The Hall–Kier alpha value is -0.193. The Kier molecular flexibility index (Phi) is 5.24. The predicted octanol–water partition coefficient (Wildman–Crippen LogP) is 5.96. The van der Waals surface area contributed by atoms with Crippen molar-refractivity contribution in [2.75, 3.05) is 0 Å². The van der Waals surface area contributed by atoms with E-state index in [9.17, 15) is 9.90 Å². The molecule has 4 aliphatic rings. The summed E-state index contributed by atoms with van der Waals surface area (Å²) >= 11 is 0. The topological polar surface area (TPSA) is 46.5 Å². The van der Waals surface area contributed by atoms with E-state index in [-0.39, 0.29) is 16.6 Å². The number of rotatable bonds is 2. The molecule has 0 aliphatic heterocycles. The van der Waals surface area contributed by atoms with Crippen LogP contribution in [0.1, 0.15) is 86.0 Å². The van der Waals surface area contributed by atoms with Gasteiger partial charge in [-0.25, -0.2) is 0 Å². The Morgan fingerprint density at radius 3 is 2.38 bits per heavy atom. The van der Waals surface area contributed by atoms with Crippen LogP contribution < -0.4 is 0 Å². The molecule has 4 heteroatoms. The number of Topliss-reactive ketones (excluding diaryl/α,β-unsaturated/α-hetero) is 1. The lowest BCUT2D eigenvalue weighted by molar-refractivity contribution is -0.170. The first-order chi connectivity index (χ1) is 13.3. The zero-order valence-electron chi connectivity index (χ0n) is 19.9. The molecule has 0 aromatic rings. The first-order valence-electron chi connectivity index (χ1n) is 12.2. The molecule has 4 saturated carbocycles. The molecule has 0 saturated heterocycles. The fourth-order valence-electron chi connectivity index (χ4n) is 7.66. The van der Waals surface area contributed by atoms with Gasteiger partial charge >= 0.3 is 0 Å². The zero-order valence-corrected chi connectivity index (χ0v) is 20.9. The van der Waals surface area contributed by atoms with Crippen LogP contribution in [0.2, 0.25) is 18.1 Å². The van der Waals surface area contributed by atoms with Gasteiger partial charge in [-0.2, -0.15) is 0 Å². The number of aliphatic hydroxyl groups is 1. The molecule has 1 unspecified atom stereocenters. The number of carbonyl (C=O) groups is 1. The second-order valence-corrected chi connectivity index (χ2v) is 17.7. The molecule has 0 aromatic heterocycles. The lowest BCUT2D eigenvalue weighted by atomic mass is 9.44. The van der Waals surface area contributed by atoms with Crippen molar-refractivity contribution in [3.8, 4) is 0 Å². The fraction of sp³-hybridized carbons (Fsp3) is 0.960. The fourth-order valence-corrected chi connectivity index (χ4v) is 9.06. The molecule has 0 aromatic carbocycles. The Morgan fingerprint density at radius 2 is 1.72 bits per heavy atom. The Bertz CT molecular complexity index is 667. The van der Waals surface area contributed by atoms with Gasteiger partial charge in [0.2, 0.25) is 0 Å². The van der Waals surface area contributed by atoms with Gasteiger partial charge in [-0.15, -0.1) is 0 Å². The van der Waals surface area contributed by atoms with E-state index in [1.54, 1.807) is 0 Å². The van der Waals surface area contributed by atoms with Crippen molar-refractivity contribution in [3.05, 3.63) is 0 Å². The highest BCUT2D eigenvalue weighted by Crippen LogP contribution is 2.65.